The second kappa shape index (κ2) is 9.23. The summed E-state index contributed by atoms with van der Waals surface area (Å²) in [4.78, 5) is 2.59. The fraction of sp³-hybridized carbons (Fsp3) is 1.00. The lowest BCUT2D eigenvalue weighted by molar-refractivity contribution is -0.0353. The second-order valence-electron chi connectivity index (χ2n) is 11.3. The number of hydrogen-bond donors (Lipinski definition) is 5. The normalized spacial score (nSPS) is 42.8. The van der Waals surface area contributed by atoms with Gasteiger partial charge in [0, 0.05) is 71.4 Å². The van der Waals surface area contributed by atoms with Crippen molar-refractivity contribution in [3.05, 3.63) is 0 Å². The molecule has 190 valence electrons. The summed E-state index contributed by atoms with van der Waals surface area (Å²) in [5.74, 6) is 0.335. The number of piperidine rings is 2. The molecule has 0 aromatic rings. The van der Waals surface area contributed by atoms with Crippen molar-refractivity contribution in [3.8, 4) is 0 Å². The van der Waals surface area contributed by atoms with Crippen LogP contribution < -0.4 is 26.2 Å². The second-order valence-corrected chi connectivity index (χ2v) is 13.3. The standard InChI is InChI=1S/C21H42N8O3S/c1-21(2)12-28(13-21)15-5-6-22-17(7-15)29-11-16(10-25-29)33(30,31)26-18-19-14(9-24-27(19)3)8-23-20(18)32-4/h14-20,22-26H,5-13H2,1-4H3. The van der Waals surface area contributed by atoms with E-state index in [0.29, 0.717) is 30.5 Å². The number of hydrazine groups is 2. The molecule has 0 bridgehead atoms. The molecule has 0 saturated carbocycles. The highest BCUT2D eigenvalue weighted by atomic mass is 32.2. The van der Waals surface area contributed by atoms with Crippen LogP contribution in [0.25, 0.3) is 0 Å². The van der Waals surface area contributed by atoms with Gasteiger partial charge in [0.05, 0.1) is 12.2 Å². The summed E-state index contributed by atoms with van der Waals surface area (Å²) in [5.41, 5.74) is 7.14. The van der Waals surface area contributed by atoms with Gasteiger partial charge in [-0.3, -0.25) is 21.1 Å². The van der Waals surface area contributed by atoms with Crippen molar-refractivity contribution in [1.82, 2.24) is 41.1 Å². The number of likely N-dealkylation sites (tertiary alicyclic amines) is 1. The number of hydrogen-bond acceptors (Lipinski definition) is 10. The van der Waals surface area contributed by atoms with E-state index < -0.39 is 15.3 Å². The van der Waals surface area contributed by atoms with E-state index in [1.165, 1.54) is 0 Å². The van der Waals surface area contributed by atoms with E-state index in [0.717, 1.165) is 45.6 Å². The van der Waals surface area contributed by atoms with Gasteiger partial charge in [0.25, 0.3) is 0 Å². The largest absolute Gasteiger partial charge is 0.365 e. The monoisotopic (exact) mass is 486 g/mol. The van der Waals surface area contributed by atoms with E-state index >= 15 is 0 Å². The lowest BCUT2D eigenvalue weighted by Crippen LogP contribution is -2.67. The maximum Gasteiger partial charge on any atom is 0.217 e. The van der Waals surface area contributed by atoms with Crippen molar-refractivity contribution in [2.45, 2.75) is 62.5 Å². The first kappa shape index (κ1) is 24.3. The molecule has 12 heteroatoms. The molecule has 0 spiro atoms. The molecule has 7 unspecified atom stereocenters. The Morgan fingerprint density at radius 2 is 1.88 bits per heavy atom. The molecule has 5 aliphatic rings. The van der Waals surface area contributed by atoms with Gasteiger partial charge in [0.1, 0.15) is 11.5 Å². The molecular weight excluding hydrogens is 444 g/mol. The number of ether oxygens (including phenoxy) is 1. The molecule has 7 atom stereocenters. The lowest BCUT2D eigenvalue weighted by Gasteiger charge is -2.52. The zero-order chi connectivity index (χ0) is 23.4. The highest BCUT2D eigenvalue weighted by molar-refractivity contribution is 7.90. The fourth-order valence-electron chi connectivity index (χ4n) is 6.52. The minimum absolute atomic E-state index is 0.0537. The Hall–Kier alpha value is -0.410. The van der Waals surface area contributed by atoms with Crippen molar-refractivity contribution < 1.29 is 13.2 Å². The number of nitrogens with zero attached hydrogens (tertiary/aromatic N) is 3. The molecule has 0 aromatic heterocycles. The van der Waals surface area contributed by atoms with E-state index in [1.54, 1.807) is 7.11 Å². The van der Waals surface area contributed by atoms with Crippen molar-refractivity contribution in [2.24, 2.45) is 11.3 Å². The Morgan fingerprint density at radius 1 is 1.09 bits per heavy atom. The quantitative estimate of drug-likeness (QED) is 0.286. The van der Waals surface area contributed by atoms with Crippen LogP contribution in [0.2, 0.25) is 0 Å². The number of likely N-dealkylation sites (N-methyl/N-ethyl adjacent to an activating group) is 1. The summed E-state index contributed by atoms with van der Waals surface area (Å²) < 4.78 is 35.6. The third-order valence-electron chi connectivity index (χ3n) is 8.23. The molecular formula is C21H42N8O3S. The first-order valence-electron chi connectivity index (χ1n) is 12.4. The van der Waals surface area contributed by atoms with Crippen LogP contribution in [-0.4, -0.2) is 119 Å². The van der Waals surface area contributed by atoms with Crippen LogP contribution in [-0.2, 0) is 14.8 Å². The van der Waals surface area contributed by atoms with Gasteiger partial charge in [-0.05, 0) is 24.8 Å². The zero-order valence-electron chi connectivity index (χ0n) is 20.4. The van der Waals surface area contributed by atoms with Gasteiger partial charge in [-0.25, -0.2) is 23.2 Å². The maximum absolute atomic E-state index is 13.5. The third-order valence-corrected chi connectivity index (χ3v) is 10.0. The summed E-state index contributed by atoms with van der Waals surface area (Å²) in [5, 5.41) is 10.6. The molecule has 0 aliphatic carbocycles. The van der Waals surface area contributed by atoms with Crippen molar-refractivity contribution in [2.75, 3.05) is 60.0 Å². The summed E-state index contributed by atoms with van der Waals surface area (Å²) >= 11 is 0. The van der Waals surface area contributed by atoms with Gasteiger partial charge in [-0.15, -0.1) is 0 Å². The average molecular weight is 487 g/mol. The molecule has 5 aliphatic heterocycles. The molecule has 11 nitrogen and oxygen atoms in total. The van der Waals surface area contributed by atoms with Crippen LogP contribution in [0.3, 0.4) is 0 Å². The van der Waals surface area contributed by atoms with Gasteiger partial charge in [0.15, 0.2) is 0 Å². The zero-order valence-corrected chi connectivity index (χ0v) is 21.2. The minimum Gasteiger partial charge on any atom is -0.365 e. The van der Waals surface area contributed by atoms with E-state index in [9.17, 15) is 8.42 Å². The number of methoxy groups -OCH3 is 1. The van der Waals surface area contributed by atoms with Crippen LogP contribution in [0, 0.1) is 11.3 Å². The third kappa shape index (κ3) is 4.84. The summed E-state index contributed by atoms with van der Waals surface area (Å²) in [6.45, 7) is 10.5. The Morgan fingerprint density at radius 3 is 2.61 bits per heavy atom. The molecule has 5 fully saturated rings. The Balaban J connectivity index is 1.20. The van der Waals surface area contributed by atoms with E-state index in [2.05, 4.69) is 50.0 Å². The molecule has 5 rings (SSSR count). The maximum atomic E-state index is 13.5. The summed E-state index contributed by atoms with van der Waals surface area (Å²) in [7, 11) is 0.0675. The molecule has 5 heterocycles. The van der Waals surface area contributed by atoms with Gasteiger partial charge in [0.2, 0.25) is 10.0 Å². The molecule has 5 N–H and O–H groups in total. The van der Waals surface area contributed by atoms with E-state index in [4.69, 9.17) is 4.74 Å². The first-order valence-corrected chi connectivity index (χ1v) is 13.9. The van der Waals surface area contributed by atoms with Gasteiger partial charge >= 0.3 is 0 Å². The Labute approximate surface area is 198 Å². The van der Waals surface area contributed by atoms with Crippen molar-refractivity contribution in [3.63, 3.8) is 0 Å². The molecule has 0 aromatic carbocycles. The Kier molecular flexibility index (Phi) is 6.79. The number of fused-ring (bicyclic) bond motifs is 1. The predicted octanol–water partition coefficient (Wildman–Crippen LogP) is -2.11. The number of nitrogens with one attached hydrogen (secondary N) is 5. The number of rotatable bonds is 6. The van der Waals surface area contributed by atoms with E-state index in [1.807, 2.05) is 12.1 Å². The van der Waals surface area contributed by atoms with Gasteiger partial charge in [-0.2, -0.15) is 0 Å². The SMILES string of the molecule is COC1NCC2CNN(C)C2C1NS(=O)(=O)C1CNN(C2CC(N3CC(C)(C)C3)CCN2)C1. The summed E-state index contributed by atoms with van der Waals surface area (Å²) in [6.07, 6.45) is 1.98. The molecule has 0 amide bonds. The number of sulfonamides is 1. The lowest BCUT2D eigenvalue weighted by atomic mass is 9.81. The van der Waals surface area contributed by atoms with Gasteiger partial charge < -0.3 is 10.1 Å². The van der Waals surface area contributed by atoms with Crippen molar-refractivity contribution in [1.29, 1.82) is 0 Å². The molecule has 5 saturated heterocycles. The highest BCUT2D eigenvalue weighted by Crippen LogP contribution is 2.34. The predicted molar refractivity (Wildman–Crippen MR) is 126 cm³/mol. The molecule has 0 radical (unpaired) electrons. The topological polar surface area (TPSA) is 113 Å². The fourth-order valence-corrected chi connectivity index (χ4v) is 8.01. The van der Waals surface area contributed by atoms with Crippen LogP contribution in [0.15, 0.2) is 0 Å². The van der Waals surface area contributed by atoms with Crippen molar-refractivity contribution >= 4 is 10.0 Å². The average Bonchev–Trinajstić information content (AvgIpc) is 3.40. The highest BCUT2D eigenvalue weighted by Gasteiger charge is 2.48. The van der Waals surface area contributed by atoms with Crippen LogP contribution in [0.1, 0.15) is 26.7 Å². The van der Waals surface area contributed by atoms with Crippen LogP contribution in [0.4, 0.5) is 0 Å². The van der Waals surface area contributed by atoms with Gasteiger partial charge in [-0.1, -0.05) is 13.8 Å². The smallest absolute Gasteiger partial charge is 0.217 e. The van der Waals surface area contributed by atoms with Crippen LogP contribution in [0.5, 0.6) is 0 Å². The Bertz CT molecular complexity index is 805. The molecule has 33 heavy (non-hydrogen) atoms. The minimum atomic E-state index is -3.54. The summed E-state index contributed by atoms with van der Waals surface area (Å²) in [6, 6.07) is 0.274. The van der Waals surface area contributed by atoms with E-state index in [-0.39, 0.29) is 24.5 Å². The first-order chi connectivity index (χ1) is 15.7. The van der Waals surface area contributed by atoms with Crippen LogP contribution >= 0.6 is 0 Å².